The molecule has 1 N–H and O–H groups in total. The van der Waals surface area contributed by atoms with Crippen molar-refractivity contribution in [3.05, 3.63) is 77.3 Å². The van der Waals surface area contributed by atoms with Crippen molar-refractivity contribution in [1.29, 1.82) is 0 Å². The first-order chi connectivity index (χ1) is 11.8. The zero-order valence-corrected chi connectivity index (χ0v) is 15.3. The lowest BCUT2D eigenvalue weighted by Crippen LogP contribution is -2.27. The molecule has 0 radical (unpaired) electrons. The van der Waals surface area contributed by atoms with Crippen LogP contribution in [0.15, 0.2) is 66.1 Å². The molecule has 1 amide bonds. The zero-order valence-electron chi connectivity index (χ0n) is 13.8. The van der Waals surface area contributed by atoms with Gasteiger partial charge in [0.2, 0.25) is 10.0 Å². The predicted octanol–water partition coefficient (Wildman–Crippen LogP) is 3.08. The van der Waals surface area contributed by atoms with Crippen molar-refractivity contribution in [2.75, 3.05) is 13.6 Å². The number of nitrogens with zero attached hydrogens (tertiary/aromatic N) is 1. The van der Waals surface area contributed by atoms with Gasteiger partial charge in [-0.05, 0) is 35.9 Å². The Morgan fingerprint density at radius 1 is 1.20 bits per heavy atom. The SMILES string of the molecule is C=CCNS(=O)(=O)c1ccc(C(=O)N(C)Cc2ccccc2Cl)cc1. The van der Waals surface area contributed by atoms with Gasteiger partial charge in [0.05, 0.1) is 4.90 Å². The molecular formula is C18H19ClN2O3S. The maximum absolute atomic E-state index is 12.5. The van der Waals surface area contributed by atoms with Gasteiger partial charge in [0.1, 0.15) is 0 Å². The standard InChI is InChI=1S/C18H19ClN2O3S/c1-3-12-20-25(23,24)16-10-8-14(9-11-16)18(22)21(2)13-15-6-4-5-7-17(15)19/h3-11,20H,1,12-13H2,2H3. The van der Waals surface area contributed by atoms with Gasteiger partial charge in [0.25, 0.3) is 5.91 Å². The Bertz CT molecular complexity index is 864. The second-order valence-electron chi connectivity index (χ2n) is 5.42. The normalized spacial score (nSPS) is 11.1. The first-order valence-electron chi connectivity index (χ1n) is 7.54. The molecule has 0 unspecified atom stereocenters. The molecule has 0 aromatic heterocycles. The van der Waals surface area contributed by atoms with Gasteiger partial charge in [-0.3, -0.25) is 4.79 Å². The van der Waals surface area contributed by atoms with Gasteiger partial charge in [-0.15, -0.1) is 6.58 Å². The third-order valence-corrected chi connectivity index (χ3v) is 5.35. The van der Waals surface area contributed by atoms with Crippen LogP contribution in [-0.2, 0) is 16.6 Å². The number of hydrogen-bond donors (Lipinski definition) is 1. The minimum Gasteiger partial charge on any atom is -0.337 e. The highest BCUT2D eigenvalue weighted by Gasteiger charge is 2.16. The lowest BCUT2D eigenvalue weighted by atomic mass is 10.1. The molecule has 2 aromatic rings. The summed E-state index contributed by atoms with van der Waals surface area (Å²) >= 11 is 6.11. The minimum absolute atomic E-state index is 0.0969. The Balaban J connectivity index is 2.12. The number of rotatable bonds is 7. The lowest BCUT2D eigenvalue weighted by molar-refractivity contribution is 0.0785. The van der Waals surface area contributed by atoms with Crippen LogP contribution in [0.3, 0.4) is 0 Å². The summed E-state index contributed by atoms with van der Waals surface area (Å²) in [5.74, 6) is -0.220. The largest absolute Gasteiger partial charge is 0.337 e. The molecule has 25 heavy (non-hydrogen) atoms. The molecule has 0 aliphatic rings. The van der Waals surface area contributed by atoms with Crippen LogP contribution in [0.4, 0.5) is 0 Å². The summed E-state index contributed by atoms with van der Waals surface area (Å²) in [6.45, 7) is 3.97. The van der Waals surface area contributed by atoms with E-state index in [0.29, 0.717) is 17.1 Å². The molecular weight excluding hydrogens is 360 g/mol. The van der Waals surface area contributed by atoms with Crippen molar-refractivity contribution < 1.29 is 13.2 Å². The van der Waals surface area contributed by atoms with Crippen molar-refractivity contribution in [3.63, 3.8) is 0 Å². The highest BCUT2D eigenvalue weighted by Crippen LogP contribution is 2.18. The topological polar surface area (TPSA) is 66.5 Å². The monoisotopic (exact) mass is 378 g/mol. The van der Waals surface area contributed by atoms with Gasteiger partial charge in [-0.25, -0.2) is 13.1 Å². The predicted molar refractivity (Wildman–Crippen MR) is 99.1 cm³/mol. The molecule has 0 saturated heterocycles. The molecule has 0 aliphatic carbocycles. The molecule has 2 rings (SSSR count). The van der Waals surface area contributed by atoms with Crippen molar-refractivity contribution in [3.8, 4) is 0 Å². The summed E-state index contributed by atoms with van der Waals surface area (Å²) in [6, 6.07) is 13.1. The third kappa shape index (κ3) is 4.92. The number of sulfonamides is 1. The number of amides is 1. The lowest BCUT2D eigenvalue weighted by Gasteiger charge is -2.18. The summed E-state index contributed by atoms with van der Waals surface area (Å²) in [5.41, 5.74) is 1.24. The molecule has 0 fully saturated rings. The van der Waals surface area contributed by atoms with E-state index in [-0.39, 0.29) is 17.3 Å². The highest BCUT2D eigenvalue weighted by atomic mass is 35.5. The molecule has 0 aliphatic heterocycles. The van der Waals surface area contributed by atoms with Crippen LogP contribution in [0.1, 0.15) is 15.9 Å². The van der Waals surface area contributed by atoms with Gasteiger partial charge in [0, 0.05) is 30.7 Å². The van der Waals surface area contributed by atoms with Crippen molar-refractivity contribution in [2.45, 2.75) is 11.4 Å². The maximum Gasteiger partial charge on any atom is 0.253 e. The molecule has 0 bridgehead atoms. The fraction of sp³-hybridized carbons (Fsp3) is 0.167. The van der Waals surface area contributed by atoms with E-state index in [1.165, 1.54) is 35.2 Å². The second-order valence-corrected chi connectivity index (χ2v) is 7.59. The van der Waals surface area contributed by atoms with E-state index in [1.807, 2.05) is 18.2 Å². The number of carbonyl (C=O) groups is 1. The minimum atomic E-state index is -3.60. The molecule has 0 spiro atoms. The quantitative estimate of drug-likeness (QED) is 0.753. The summed E-state index contributed by atoms with van der Waals surface area (Å²) in [7, 11) is -1.93. The fourth-order valence-electron chi connectivity index (χ4n) is 2.20. The summed E-state index contributed by atoms with van der Waals surface area (Å²) < 4.78 is 26.4. The maximum atomic E-state index is 12.5. The van der Waals surface area contributed by atoms with Crippen LogP contribution in [-0.4, -0.2) is 32.8 Å². The number of nitrogens with one attached hydrogen (secondary N) is 1. The van der Waals surface area contributed by atoms with Gasteiger partial charge < -0.3 is 4.90 Å². The van der Waals surface area contributed by atoms with E-state index in [4.69, 9.17) is 11.6 Å². The fourth-order valence-corrected chi connectivity index (χ4v) is 3.40. The zero-order chi connectivity index (χ0) is 18.4. The second kappa shape index (κ2) is 8.29. The van der Waals surface area contributed by atoms with Crippen LogP contribution >= 0.6 is 11.6 Å². The molecule has 7 heteroatoms. The Kier molecular flexibility index (Phi) is 6.36. The average molecular weight is 379 g/mol. The van der Waals surface area contributed by atoms with E-state index < -0.39 is 10.0 Å². The number of benzene rings is 2. The number of carbonyl (C=O) groups excluding carboxylic acids is 1. The van der Waals surface area contributed by atoms with Gasteiger partial charge in [-0.1, -0.05) is 35.9 Å². The van der Waals surface area contributed by atoms with Crippen LogP contribution in [0, 0.1) is 0 Å². The van der Waals surface area contributed by atoms with Crippen molar-refractivity contribution in [2.24, 2.45) is 0 Å². The number of halogens is 1. The van der Waals surface area contributed by atoms with E-state index in [0.717, 1.165) is 5.56 Å². The van der Waals surface area contributed by atoms with Crippen LogP contribution < -0.4 is 4.72 Å². The Labute approximate surface area is 153 Å². The van der Waals surface area contributed by atoms with Crippen LogP contribution in [0.5, 0.6) is 0 Å². The molecule has 0 saturated carbocycles. The third-order valence-electron chi connectivity index (χ3n) is 3.54. The van der Waals surface area contributed by atoms with Gasteiger partial charge in [0.15, 0.2) is 0 Å². The molecule has 0 atom stereocenters. The molecule has 0 heterocycles. The molecule has 5 nitrogen and oxygen atoms in total. The smallest absolute Gasteiger partial charge is 0.253 e. The van der Waals surface area contributed by atoms with E-state index >= 15 is 0 Å². The van der Waals surface area contributed by atoms with Gasteiger partial charge in [-0.2, -0.15) is 0 Å². The van der Waals surface area contributed by atoms with E-state index in [9.17, 15) is 13.2 Å². The van der Waals surface area contributed by atoms with Crippen molar-refractivity contribution >= 4 is 27.5 Å². The average Bonchev–Trinajstić information content (AvgIpc) is 2.61. The summed E-state index contributed by atoms with van der Waals surface area (Å²) in [6.07, 6.45) is 1.46. The first-order valence-corrected chi connectivity index (χ1v) is 9.41. The Morgan fingerprint density at radius 3 is 2.44 bits per heavy atom. The summed E-state index contributed by atoms with van der Waals surface area (Å²) in [4.78, 5) is 14.1. The number of hydrogen-bond acceptors (Lipinski definition) is 3. The Hall–Kier alpha value is -2.15. The van der Waals surface area contributed by atoms with E-state index in [1.54, 1.807) is 13.1 Å². The Morgan fingerprint density at radius 2 is 1.84 bits per heavy atom. The highest BCUT2D eigenvalue weighted by molar-refractivity contribution is 7.89. The molecule has 2 aromatic carbocycles. The van der Waals surface area contributed by atoms with Crippen LogP contribution in [0.25, 0.3) is 0 Å². The van der Waals surface area contributed by atoms with E-state index in [2.05, 4.69) is 11.3 Å². The first kappa shape index (κ1) is 19.2. The van der Waals surface area contributed by atoms with Crippen LogP contribution in [0.2, 0.25) is 5.02 Å². The molecule has 132 valence electrons. The summed E-state index contributed by atoms with van der Waals surface area (Å²) in [5, 5.41) is 0.594. The van der Waals surface area contributed by atoms with Gasteiger partial charge >= 0.3 is 0 Å². The van der Waals surface area contributed by atoms with Crippen molar-refractivity contribution in [1.82, 2.24) is 9.62 Å².